The molecule has 0 radical (unpaired) electrons. The van der Waals surface area contributed by atoms with Gasteiger partial charge in [-0.25, -0.2) is 21.8 Å². The van der Waals surface area contributed by atoms with Gasteiger partial charge in [-0.2, -0.15) is 0 Å². The van der Waals surface area contributed by atoms with Crippen LogP contribution in [0.3, 0.4) is 0 Å². The Balaban J connectivity index is 1.54. The molecule has 40 heavy (non-hydrogen) atoms. The molecule has 204 valence electrons. The number of hydrogen-bond acceptors (Lipinski definition) is 7. The minimum atomic E-state index is -3.31. The Morgan fingerprint density at radius 3 is 2.12 bits per heavy atom. The number of aromatic hydroxyl groups is 1. The van der Waals surface area contributed by atoms with E-state index in [1.807, 2.05) is 55.5 Å². The summed E-state index contributed by atoms with van der Waals surface area (Å²) in [6.07, 6.45) is 4.12. The zero-order valence-electron chi connectivity index (χ0n) is 22.2. The van der Waals surface area contributed by atoms with Gasteiger partial charge in [0, 0.05) is 40.8 Å². The lowest BCUT2D eigenvalue weighted by Gasteiger charge is -2.15. The average Bonchev–Trinajstić information content (AvgIpc) is 2.91. The standard InChI is InChI=1S/C31H28N2O5S2/c1-20(19-39(2,35)36)25-17-24-8-5-15-32-30(24)28(18-25)23-7-4-6-22(16-23)27-13-14-29(33-31(27)34)21-9-11-26(12-10-21)40(3,37)38/h4-18,20H,19H2,1-3H3,(H,33,34). The van der Waals surface area contributed by atoms with Gasteiger partial charge in [0.2, 0.25) is 5.88 Å². The number of aromatic nitrogens is 2. The van der Waals surface area contributed by atoms with E-state index in [1.165, 1.54) is 18.4 Å². The van der Waals surface area contributed by atoms with Crippen LogP contribution in [-0.4, -0.2) is 50.2 Å². The fourth-order valence-electron chi connectivity index (χ4n) is 4.83. The molecule has 1 atom stereocenters. The maximum Gasteiger partial charge on any atom is 0.219 e. The van der Waals surface area contributed by atoms with Crippen molar-refractivity contribution in [2.75, 3.05) is 18.3 Å². The first kappa shape index (κ1) is 27.5. The highest BCUT2D eigenvalue weighted by Gasteiger charge is 2.17. The molecular formula is C31H28N2O5S2. The minimum absolute atomic E-state index is 0.0428. The number of benzene rings is 3. The highest BCUT2D eigenvalue weighted by Crippen LogP contribution is 2.36. The SMILES string of the molecule is CC(CS(C)(=O)=O)c1cc(-c2cccc(-c3ccc(-c4ccc(S(C)(=O)=O)cc4)nc3O)c2)c2ncccc2c1. The van der Waals surface area contributed by atoms with Crippen LogP contribution in [0.2, 0.25) is 0 Å². The number of rotatable bonds is 7. The first-order chi connectivity index (χ1) is 18.9. The van der Waals surface area contributed by atoms with E-state index < -0.39 is 19.7 Å². The molecule has 1 N–H and O–H groups in total. The third-order valence-electron chi connectivity index (χ3n) is 6.79. The zero-order valence-corrected chi connectivity index (χ0v) is 23.9. The molecule has 0 saturated heterocycles. The summed E-state index contributed by atoms with van der Waals surface area (Å²) in [6, 6.07) is 25.4. The van der Waals surface area contributed by atoms with E-state index in [4.69, 9.17) is 0 Å². The van der Waals surface area contributed by atoms with Crippen LogP contribution in [0.25, 0.3) is 44.4 Å². The number of fused-ring (bicyclic) bond motifs is 1. The molecule has 0 saturated carbocycles. The van der Waals surface area contributed by atoms with Crippen molar-refractivity contribution in [3.63, 3.8) is 0 Å². The lowest BCUT2D eigenvalue weighted by molar-refractivity contribution is 0.456. The average molecular weight is 573 g/mol. The molecular weight excluding hydrogens is 544 g/mol. The summed E-state index contributed by atoms with van der Waals surface area (Å²) < 4.78 is 47.5. The summed E-state index contributed by atoms with van der Waals surface area (Å²) in [5.41, 5.74) is 5.92. The van der Waals surface area contributed by atoms with E-state index in [1.54, 1.807) is 30.5 Å². The van der Waals surface area contributed by atoms with Crippen LogP contribution in [0.1, 0.15) is 18.4 Å². The summed E-state index contributed by atoms with van der Waals surface area (Å²) in [5.74, 6) is -0.310. The predicted octanol–water partition coefficient (Wildman–Crippen LogP) is 5.89. The van der Waals surface area contributed by atoms with Gasteiger partial charge in [0.05, 0.1) is 21.9 Å². The molecule has 0 fully saturated rings. The second-order valence-electron chi connectivity index (χ2n) is 10.1. The number of pyridine rings is 2. The summed E-state index contributed by atoms with van der Waals surface area (Å²) in [5, 5.41) is 11.8. The van der Waals surface area contributed by atoms with Gasteiger partial charge in [-0.15, -0.1) is 0 Å². The topological polar surface area (TPSA) is 114 Å². The summed E-state index contributed by atoms with van der Waals surface area (Å²) >= 11 is 0. The third-order valence-corrected chi connectivity index (χ3v) is 9.02. The van der Waals surface area contributed by atoms with E-state index in [0.717, 1.165) is 39.4 Å². The fourth-order valence-corrected chi connectivity index (χ4v) is 6.56. The van der Waals surface area contributed by atoms with Gasteiger partial charge in [0.1, 0.15) is 9.84 Å². The largest absolute Gasteiger partial charge is 0.493 e. The van der Waals surface area contributed by atoms with Crippen LogP contribution in [0.4, 0.5) is 0 Å². The van der Waals surface area contributed by atoms with Crippen molar-refractivity contribution in [1.82, 2.24) is 9.97 Å². The Bertz CT molecular complexity index is 1950. The van der Waals surface area contributed by atoms with Crippen LogP contribution >= 0.6 is 0 Å². The highest BCUT2D eigenvalue weighted by atomic mass is 32.2. The maximum absolute atomic E-state index is 12.0. The van der Waals surface area contributed by atoms with Gasteiger partial charge >= 0.3 is 0 Å². The van der Waals surface area contributed by atoms with Crippen molar-refractivity contribution in [3.8, 4) is 39.4 Å². The Kier molecular flexibility index (Phi) is 7.20. The molecule has 0 amide bonds. The van der Waals surface area contributed by atoms with Gasteiger partial charge in [-0.05, 0) is 71.1 Å². The molecule has 5 aromatic rings. The molecule has 9 heteroatoms. The summed E-state index contributed by atoms with van der Waals surface area (Å²) in [4.78, 5) is 9.19. The van der Waals surface area contributed by atoms with E-state index in [0.29, 0.717) is 16.8 Å². The van der Waals surface area contributed by atoms with Crippen LogP contribution in [-0.2, 0) is 19.7 Å². The quantitative estimate of drug-likeness (QED) is 0.259. The molecule has 3 aromatic carbocycles. The summed E-state index contributed by atoms with van der Waals surface area (Å²) in [7, 11) is -6.47. The van der Waals surface area contributed by atoms with E-state index in [-0.39, 0.29) is 22.4 Å². The van der Waals surface area contributed by atoms with Gasteiger partial charge in [-0.3, -0.25) is 4.98 Å². The van der Waals surface area contributed by atoms with Crippen molar-refractivity contribution < 1.29 is 21.9 Å². The second-order valence-corrected chi connectivity index (χ2v) is 14.3. The zero-order chi connectivity index (χ0) is 28.7. The first-order valence-electron chi connectivity index (χ1n) is 12.6. The van der Waals surface area contributed by atoms with Gasteiger partial charge < -0.3 is 5.11 Å². The molecule has 1 unspecified atom stereocenters. The molecule has 0 bridgehead atoms. The van der Waals surface area contributed by atoms with Crippen molar-refractivity contribution in [1.29, 1.82) is 0 Å². The van der Waals surface area contributed by atoms with Gasteiger partial charge in [0.25, 0.3) is 0 Å². The lowest BCUT2D eigenvalue weighted by atomic mass is 9.92. The molecule has 0 spiro atoms. The molecule has 0 aliphatic rings. The van der Waals surface area contributed by atoms with Crippen molar-refractivity contribution in [3.05, 3.63) is 96.7 Å². The third kappa shape index (κ3) is 5.90. The maximum atomic E-state index is 12.0. The molecule has 5 rings (SSSR count). The second kappa shape index (κ2) is 10.5. The van der Waals surface area contributed by atoms with Crippen LogP contribution in [0.5, 0.6) is 5.88 Å². The molecule has 0 aliphatic heterocycles. The minimum Gasteiger partial charge on any atom is -0.493 e. The van der Waals surface area contributed by atoms with E-state index in [9.17, 15) is 21.9 Å². The molecule has 0 aliphatic carbocycles. The molecule has 2 heterocycles. The summed E-state index contributed by atoms with van der Waals surface area (Å²) in [6.45, 7) is 1.90. The Labute approximate surface area is 234 Å². The van der Waals surface area contributed by atoms with Crippen molar-refractivity contribution in [2.24, 2.45) is 0 Å². The van der Waals surface area contributed by atoms with Gasteiger partial charge in [0.15, 0.2) is 9.84 Å². The van der Waals surface area contributed by atoms with Crippen LogP contribution in [0.15, 0.2) is 96.0 Å². The smallest absolute Gasteiger partial charge is 0.219 e. The monoisotopic (exact) mass is 572 g/mol. The van der Waals surface area contributed by atoms with Gasteiger partial charge in [-0.1, -0.05) is 43.3 Å². The van der Waals surface area contributed by atoms with Crippen molar-refractivity contribution in [2.45, 2.75) is 17.7 Å². The van der Waals surface area contributed by atoms with E-state index in [2.05, 4.69) is 9.97 Å². The van der Waals surface area contributed by atoms with E-state index >= 15 is 0 Å². The normalized spacial score (nSPS) is 12.9. The molecule has 2 aromatic heterocycles. The van der Waals surface area contributed by atoms with Crippen LogP contribution < -0.4 is 0 Å². The predicted molar refractivity (Wildman–Crippen MR) is 159 cm³/mol. The number of hydrogen-bond donors (Lipinski definition) is 1. The first-order valence-corrected chi connectivity index (χ1v) is 16.5. The Morgan fingerprint density at radius 1 is 0.775 bits per heavy atom. The highest BCUT2D eigenvalue weighted by molar-refractivity contribution is 7.91. The van der Waals surface area contributed by atoms with Crippen molar-refractivity contribution >= 4 is 30.6 Å². The Hall–Kier alpha value is -4.08. The molecule has 7 nitrogen and oxygen atoms in total. The number of sulfone groups is 2. The number of nitrogens with zero attached hydrogens (tertiary/aromatic N) is 2. The van der Waals surface area contributed by atoms with Crippen LogP contribution in [0, 0.1) is 0 Å². The fraction of sp³-hybridized carbons (Fsp3) is 0.161. The lowest BCUT2D eigenvalue weighted by Crippen LogP contribution is -2.10. The Morgan fingerprint density at radius 2 is 1.48 bits per heavy atom.